The highest BCUT2D eigenvalue weighted by Crippen LogP contribution is 2.46. The van der Waals surface area contributed by atoms with Crippen LogP contribution in [0.1, 0.15) is 29.8 Å². The van der Waals surface area contributed by atoms with E-state index in [1.54, 1.807) is 12.3 Å². The van der Waals surface area contributed by atoms with Gasteiger partial charge in [-0.1, -0.05) is 43.6 Å². The number of carboxylic acids is 1. The number of halogens is 1. The van der Waals surface area contributed by atoms with Crippen molar-refractivity contribution < 1.29 is 9.90 Å². The lowest BCUT2D eigenvalue weighted by Gasteiger charge is -2.23. The summed E-state index contributed by atoms with van der Waals surface area (Å²) in [6.07, 6.45) is 3.63. The maximum absolute atomic E-state index is 11.1. The van der Waals surface area contributed by atoms with Crippen LogP contribution in [0.25, 0.3) is 0 Å². The molecule has 0 saturated heterocycles. The van der Waals surface area contributed by atoms with Gasteiger partial charge in [0.25, 0.3) is 0 Å². The number of para-hydroxylation sites is 1. The zero-order valence-corrected chi connectivity index (χ0v) is 15.6. The fourth-order valence-corrected chi connectivity index (χ4v) is 3.48. The molecule has 0 aromatic heterocycles. The number of benzene rings is 2. The van der Waals surface area contributed by atoms with Gasteiger partial charge in [-0.15, -0.1) is 0 Å². The maximum atomic E-state index is 11.1. The molecule has 3 rings (SSSR count). The van der Waals surface area contributed by atoms with E-state index in [1.165, 1.54) is 23.4 Å². The third-order valence-electron chi connectivity index (χ3n) is 4.64. The van der Waals surface area contributed by atoms with Gasteiger partial charge >= 0.3 is 5.97 Å². The van der Waals surface area contributed by atoms with Gasteiger partial charge in [-0.2, -0.15) is 5.10 Å². The quantitative estimate of drug-likeness (QED) is 0.603. The molecule has 0 bridgehead atoms. The minimum absolute atomic E-state index is 0.0392. The molecule has 0 fully saturated rings. The van der Waals surface area contributed by atoms with Crippen LogP contribution in [0.2, 0.25) is 5.02 Å². The Morgan fingerprint density at radius 1 is 1.27 bits per heavy atom. The number of hydrogen-bond donors (Lipinski definition) is 2. The van der Waals surface area contributed by atoms with Crippen molar-refractivity contribution in [2.24, 2.45) is 5.10 Å². The van der Waals surface area contributed by atoms with E-state index in [1.807, 2.05) is 25.3 Å². The number of carbonyl (C=O) groups is 1. The molecule has 0 unspecified atom stereocenters. The first-order valence-electron chi connectivity index (χ1n) is 8.18. The van der Waals surface area contributed by atoms with E-state index in [9.17, 15) is 4.79 Å². The molecular formula is C20H20ClN3O2. The fourth-order valence-electron chi connectivity index (χ4n) is 3.28. The molecule has 2 aromatic rings. The molecule has 5 nitrogen and oxygen atoms in total. The second-order valence-electron chi connectivity index (χ2n) is 6.64. The standard InChI is InChI=1S/C20H20ClN3O2/c1-20(2)15-6-4-5-7-17(15)24(3)18(20)10-11-22-23-13-8-9-16(21)14(12-13)19(25)26/h4-12,23H,1-3H3,(H,25,26)/b18-10+,22-11?. The van der Waals surface area contributed by atoms with Crippen molar-refractivity contribution in [2.75, 3.05) is 17.4 Å². The van der Waals surface area contributed by atoms with E-state index in [0.717, 1.165) is 5.70 Å². The Morgan fingerprint density at radius 3 is 2.69 bits per heavy atom. The predicted octanol–water partition coefficient (Wildman–Crippen LogP) is 4.75. The summed E-state index contributed by atoms with van der Waals surface area (Å²) in [5.41, 5.74) is 6.92. The topological polar surface area (TPSA) is 64.9 Å². The summed E-state index contributed by atoms with van der Waals surface area (Å²) in [5, 5.41) is 13.5. The summed E-state index contributed by atoms with van der Waals surface area (Å²) in [6, 6.07) is 13.0. The van der Waals surface area contributed by atoms with Crippen molar-refractivity contribution in [3.63, 3.8) is 0 Å². The molecule has 134 valence electrons. The van der Waals surface area contributed by atoms with Crippen LogP contribution >= 0.6 is 11.6 Å². The normalized spacial score (nSPS) is 16.9. The third-order valence-corrected chi connectivity index (χ3v) is 4.97. The largest absolute Gasteiger partial charge is 0.478 e. The number of aromatic carboxylic acids is 1. The highest BCUT2D eigenvalue weighted by molar-refractivity contribution is 6.33. The van der Waals surface area contributed by atoms with Crippen LogP contribution in [0.3, 0.4) is 0 Å². The molecule has 2 N–H and O–H groups in total. The van der Waals surface area contributed by atoms with E-state index in [-0.39, 0.29) is 16.0 Å². The molecule has 0 radical (unpaired) electrons. The Morgan fingerprint density at radius 2 is 2.00 bits per heavy atom. The number of hydrogen-bond acceptors (Lipinski definition) is 4. The van der Waals surface area contributed by atoms with Crippen LogP contribution in [0.15, 0.2) is 59.3 Å². The number of nitrogens with one attached hydrogen (secondary N) is 1. The SMILES string of the molecule is CN1/C(=C/C=NNc2ccc(Cl)c(C(=O)O)c2)C(C)(C)c2ccccc21. The number of allylic oxidation sites excluding steroid dienone is 2. The van der Waals surface area contributed by atoms with Crippen LogP contribution in [0.4, 0.5) is 11.4 Å². The molecule has 6 heteroatoms. The Balaban J connectivity index is 1.79. The number of carboxylic acid groups (broad SMARTS) is 1. The second kappa shape index (κ2) is 6.84. The molecule has 0 aliphatic carbocycles. The van der Waals surface area contributed by atoms with E-state index in [2.05, 4.69) is 41.4 Å². The molecule has 0 atom stereocenters. The number of fused-ring (bicyclic) bond motifs is 1. The molecule has 0 amide bonds. The smallest absolute Gasteiger partial charge is 0.337 e. The first-order valence-corrected chi connectivity index (χ1v) is 8.56. The number of anilines is 2. The van der Waals surface area contributed by atoms with Crippen molar-refractivity contribution in [2.45, 2.75) is 19.3 Å². The van der Waals surface area contributed by atoms with E-state index < -0.39 is 5.97 Å². The summed E-state index contributed by atoms with van der Waals surface area (Å²) in [5.74, 6) is -1.07. The Bertz CT molecular complexity index is 919. The van der Waals surface area contributed by atoms with Gasteiger partial charge in [-0.3, -0.25) is 5.43 Å². The summed E-state index contributed by atoms with van der Waals surface area (Å²) in [7, 11) is 2.04. The van der Waals surface area contributed by atoms with E-state index in [0.29, 0.717) is 5.69 Å². The number of likely N-dealkylation sites (N-methyl/N-ethyl adjacent to an activating group) is 1. The van der Waals surface area contributed by atoms with Crippen molar-refractivity contribution in [3.8, 4) is 0 Å². The van der Waals surface area contributed by atoms with Crippen LogP contribution < -0.4 is 10.3 Å². The number of rotatable bonds is 4. The Hall–Kier alpha value is -2.79. The van der Waals surface area contributed by atoms with Crippen LogP contribution in [-0.2, 0) is 5.41 Å². The lowest BCUT2D eigenvalue weighted by Crippen LogP contribution is -2.23. The van der Waals surface area contributed by atoms with Gasteiger partial charge in [0.2, 0.25) is 0 Å². The Kier molecular flexibility index (Phi) is 4.74. The summed E-state index contributed by atoms with van der Waals surface area (Å²) in [4.78, 5) is 13.3. The first kappa shape index (κ1) is 18.0. The highest BCUT2D eigenvalue weighted by Gasteiger charge is 2.37. The van der Waals surface area contributed by atoms with Gasteiger partial charge in [0.05, 0.1) is 16.3 Å². The third kappa shape index (κ3) is 3.18. The van der Waals surface area contributed by atoms with Gasteiger partial charge in [0, 0.05) is 30.1 Å². The number of hydrazone groups is 1. The van der Waals surface area contributed by atoms with Gasteiger partial charge in [0.15, 0.2) is 0 Å². The van der Waals surface area contributed by atoms with Crippen molar-refractivity contribution in [3.05, 3.63) is 70.4 Å². The molecule has 2 aromatic carbocycles. The zero-order valence-electron chi connectivity index (χ0n) is 14.8. The maximum Gasteiger partial charge on any atom is 0.337 e. The van der Waals surface area contributed by atoms with Gasteiger partial charge < -0.3 is 10.0 Å². The highest BCUT2D eigenvalue weighted by atomic mass is 35.5. The predicted molar refractivity (Wildman–Crippen MR) is 106 cm³/mol. The fraction of sp³-hybridized carbons (Fsp3) is 0.200. The van der Waals surface area contributed by atoms with Crippen LogP contribution in [-0.4, -0.2) is 24.3 Å². The van der Waals surface area contributed by atoms with Gasteiger partial charge in [-0.05, 0) is 35.9 Å². The van der Waals surface area contributed by atoms with Crippen molar-refractivity contribution >= 4 is 35.2 Å². The molecule has 0 spiro atoms. The lowest BCUT2D eigenvalue weighted by molar-refractivity contribution is 0.0697. The first-order chi connectivity index (χ1) is 12.3. The summed E-state index contributed by atoms with van der Waals surface area (Å²) in [6.45, 7) is 4.36. The number of nitrogens with zero attached hydrogens (tertiary/aromatic N) is 2. The van der Waals surface area contributed by atoms with E-state index >= 15 is 0 Å². The molecule has 1 aliphatic heterocycles. The van der Waals surface area contributed by atoms with Crippen LogP contribution in [0.5, 0.6) is 0 Å². The zero-order chi connectivity index (χ0) is 18.9. The summed E-state index contributed by atoms with van der Waals surface area (Å²) >= 11 is 5.87. The minimum atomic E-state index is -1.07. The van der Waals surface area contributed by atoms with Crippen LogP contribution in [0, 0.1) is 0 Å². The summed E-state index contributed by atoms with van der Waals surface area (Å²) < 4.78 is 0. The lowest BCUT2D eigenvalue weighted by atomic mass is 9.84. The molecule has 1 heterocycles. The molecule has 26 heavy (non-hydrogen) atoms. The minimum Gasteiger partial charge on any atom is -0.478 e. The van der Waals surface area contributed by atoms with Crippen molar-refractivity contribution in [1.82, 2.24) is 0 Å². The van der Waals surface area contributed by atoms with Crippen molar-refractivity contribution in [1.29, 1.82) is 0 Å². The average molecular weight is 370 g/mol. The van der Waals surface area contributed by atoms with E-state index in [4.69, 9.17) is 16.7 Å². The molecule has 1 aliphatic rings. The van der Waals surface area contributed by atoms with Gasteiger partial charge in [0.1, 0.15) is 0 Å². The molecular weight excluding hydrogens is 350 g/mol. The van der Waals surface area contributed by atoms with Gasteiger partial charge in [-0.25, -0.2) is 4.79 Å². The average Bonchev–Trinajstić information content (AvgIpc) is 2.80. The second-order valence-corrected chi connectivity index (χ2v) is 7.05. The Labute approximate surface area is 157 Å². The monoisotopic (exact) mass is 369 g/mol. The molecule has 0 saturated carbocycles.